The van der Waals surface area contributed by atoms with Crippen molar-refractivity contribution in [2.45, 2.75) is 24.8 Å². The fraction of sp³-hybridized carbons (Fsp3) is 0.278. The Morgan fingerprint density at radius 2 is 1.91 bits per heavy atom. The molecule has 1 heterocycles. The summed E-state index contributed by atoms with van der Waals surface area (Å²) in [5.41, 5.74) is 2.13. The van der Waals surface area contributed by atoms with Gasteiger partial charge in [-0.25, -0.2) is 0 Å². The Bertz CT molecular complexity index is 682. The Balaban J connectivity index is 1.40. The summed E-state index contributed by atoms with van der Waals surface area (Å²) in [4.78, 5) is 13.0. The second-order valence-electron chi connectivity index (χ2n) is 5.26. The van der Waals surface area contributed by atoms with E-state index in [1.54, 1.807) is 11.8 Å². The van der Waals surface area contributed by atoms with Crippen molar-refractivity contribution in [1.82, 2.24) is 0 Å². The lowest BCUT2D eigenvalue weighted by Crippen LogP contribution is -2.05. The van der Waals surface area contributed by atoms with Gasteiger partial charge < -0.3 is 14.2 Å². The van der Waals surface area contributed by atoms with Gasteiger partial charge in [-0.15, -0.1) is 11.8 Å². The summed E-state index contributed by atoms with van der Waals surface area (Å²) in [6.07, 6.45) is 0.392. The number of esters is 1. The van der Waals surface area contributed by atoms with Crippen molar-refractivity contribution in [3.8, 4) is 11.5 Å². The van der Waals surface area contributed by atoms with Crippen LogP contribution in [0.1, 0.15) is 17.5 Å². The van der Waals surface area contributed by atoms with E-state index in [1.807, 2.05) is 18.2 Å². The van der Waals surface area contributed by atoms with Crippen LogP contribution in [0.2, 0.25) is 0 Å². The number of ether oxygens (including phenoxy) is 3. The molecule has 0 saturated heterocycles. The molecule has 2 aromatic carbocycles. The van der Waals surface area contributed by atoms with Gasteiger partial charge in [0.25, 0.3) is 0 Å². The van der Waals surface area contributed by atoms with Crippen LogP contribution >= 0.6 is 11.8 Å². The van der Waals surface area contributed by atoms with Crippen LogP contribution in [0.3, 0.4) is 0 Å². The highest BCUT2D eigenvalue weighted by molar-refractivity contribution is 7.99. The summed E-state index contributed by atoms with van der Waals surface area (Å²) < 4.78 is 15.8. The van der Waals surface area contributed by atoms with Crippen LogP contribution in [0.25, 0.3) is 0 Å². The van der Waals surface area contributed by atoms with Gasteiger partial charge in [0.05, 0.1) is 6.42 Å². The van der Waals surface area contributed by atoms with Crippen molar-refractivity contribution in [3.05, 3.63) is 53.6 Å². The van der Waals surface area contributed by atoms with E-state index in [2.05, 4.69) is 31.2 Å². The lowest BCUT2D eigenvalue weighted by atomic mass is 10.2. The van der Waals surface area contributed by atoms with Crippen LogP contribution in [0.4, 0.5) is 0 Å². The largest absolute Gasteiger partial charge is 0.461 e. The lowest BCUT2D eigenvalue weighted by molar-refractivity contribution is -0.144. The Hall–Kier alpha value is -2.14. The quantitative estimate of drug-likeness (QED) is 0.593. The summed E-state index contributed by atoms with van der Waals surface area (Å²) >= 11 is 1.66. The van der Waals surface area contributed by atoms with Gasteiger partial charge >= 0.3 is 5.97 Å². The highest BCUT2D eigenvalue weighted by atomic mass is 32.2. The number of hydrogen-bond donors (Lipinski definition) is 0. The van der Waals surface area contributed by atoms with Crippen molar-refractivity contribution in [2.75, 3.05) is 12.5 Å². The zero-order valence-corrected chi connectivity index (χ0v) is 13.7. The summed E-state index contributed by atoms with van der Waals surface area (Å²) in [6.45, 7) is 2.56. The predicted molar refractivity (Wildman–Crippen MR) is 88.9 cm³/mol. The average Bonchev–Trinajstić information content (AvgIpc) is 3.02. The zero-order valence-electron chi connectivity index (χ0n) is 12.9. The predicted octanol–water partition coefficient (Wildman–Crippen LogP) is 3.95. The van der Waals surface area contributed by atoms with Gasteiger partial charge in [0.1, 0.15) is 6.61 Å². The fourth-order valence-electron chi connectivity index (χ4n) is 2.15. The number of hydrogen-bond acceptors (Lipinski definition) is 5. The van der Waals surface area contributed by atoms with Crippen molar-refractivity contribution in [1.29, 1.82) is 0 Å². The Morgan fingerprint density at radius 1 is 1.13 bits per heavy atom. The molecule has 23 heavy (non-hydrogen) atoms. The van der Waals surface area contributed by atoms with Crippen LogP contribution in [-0.2, 0) is 16.1 Å². The first-order chi connectivity index (χ1) is 11.2. The molecule has 0 aliphatic carbocycles. The van der Waals surface area contributed by atoms with Gasteiger partial charge in [-0.3, -0.25) is 4.79 Å². The number of benzene rings is 2. The van der Waals surface area contributed by atoms with E-state index in [1.165, 1.54) is 10.5 Å². The molecular formula is C18H18O4S. The van der Waals surface area contributed by atoms with Crippen molar-refractivity contribution >= 4 is 17.7 Å². The van der Waals surface area contributed by atoms with Gasteiger partial charge in [-0.2, -0.15) is 0 Å². The molecule has 0 atom stereocenters. The highest BCUT2D eigenvalue weighted by Crippen LogP contribution is 2.32. The maximum absolute atomic E-state index is 11.8. The summed E-state index contributed by atoms with van der Waals surface area (Å²) in [6, 6.07) is 13.8. The van der Waals surface area contributed by atoms with Crippen molar-refractivity contribution in [2.24, 2.45) is 0 Å². The fourth-order valence-corrected chi connectivity index (χ4v) is 2.99. The first-order valence-corrected chi connectivity index (χ1v) is 8.43. The maximum atomic E-state index is 11.8. The lowest BCUT2D eigenvalue weighted by Gasteiger charge is -2.06. The first kappa shape index (κ1) is 15.7. The Kier molecular flexibility index (Phi) is 5.08. The molecular weight excluding hydrogens is 312 g/mol. The number of carbonyl (C=O) groups excluding carboxylic acids is 1. The normalized spacial score (nSPS) is 12.2. The third kappa shape index (κ3) is 4.42. The topological polar surface area (TPSA) is 44.8 Å². The molecule has 4 nitrogen and oxygen atoms in total. The summed E-state index contributed by atoms with van der Waals surface area (Å²) in [5, 5.41) is 0. The van der Waals surface area contributed by atoms with Gasteiger partial charge in [0.2, 0.25) is 6.79 Å². The monoisotopic (exact) mass is 330 g/mol. The first-order valence-electron chi connectivity index (χ1n) is 7.44. The van der Waals surface area contributed by atoms with Gasteiger partial charge in [-0.05, 0) is 36.8 Å². The maximum Gasteiger partial charge on any atom is 0.306 e. The second-order valence-corrected chi connectivity index (χ2v) is 6.43. The highest BCUT2D eigenvalue weighted by Gasteiger charge is 2.13. The van der Waals surface area contributed by atoms with E-state index in [9.17, 15) is 4.79 Å². The minimum absolute atomic E-state index is 0.192. The third-order valence-corrected chi connectivity index (χ3v) is 4.45. The molecule has 0 fully saturated rings. The molecule has 0 spiro atoms. The molecule has 120 valence electrons. The second kappa shape index (κ2) is 7.42. The molecule has 0 aromatic heterocycles. The Morgan fingerprint density at radius 3 is 2.74 bits per heavy atom. The van der Waals surface area contributed by atoms with Gasteiger partial charge in [0, 0.05) is 10.6 Å². The minimum Gasteiger partial charge on any atom is -0.461 e. The molecule has 1 aliphatic rings. The standard InChI is InChI=1S/C18H18O4S/c1-13-2-5-15(6-3-13)23-9-8-18(19)20-11-14-4-7-16-17(10-14)22-12-21-16/h2-7,10H,8-9,11-12H2,1H3. The van der Waals surface area contributed by atoms with E-state index in [0.717, 1.165) is 11.3 Å². The number of carbonyl (C=O) groups is 1. The molecule has 1 aliphatic heterocycles. The summed E-state index contributed by atoms with van der Waals surface area (Å²) in [7, 11) is 0. The number of rotatable bonds is 6. The van der Waals surface area contributed by atoms with Gasteiger partial charge in [-0.1, -0.05) is 23.8 Å². The third-order valence-electron chi connectivity index (χ3n) is 3.43. The smallest absolute Gasteiger partial charge is 0.306 e. The van der Waals surface area contributed by atoms with E-state index in [-0.39, 0.29) is 19.4 Å². The molecule has 5 heteroatoms. The molecule has 0 saturated carbocycles. The van der Waals surface area contributed by atoms with Crippen LogP contribution in [-0.4, -0.2) is 18.5 Å². The molecule has 2 aromatic rings. The van der Waals surface area contributed by atoms with Crippen LogP contribution in [0.15, 0.2) is 47.4 Å². The number of aryl methyl sites for hydroxylation is 1. The number of fused-ring (bicyclic) bond motifs is 1. The van der Waals surface area contributed by atoms with E-state index < -0.39 is 0 Å². The molecule has 0 unspecified atom stereocenters. The van der Waals surface area contributed by atoms with E-state index in [0.29, 0.717) is 17.9 Å². The molecule has 0 radical (unpaired) electrons. The number of thioether (sulfide) groups is 1. The van der Waals surface area contributed by atoms with Gasteiger partial charge in [0.15, 0.2) is 11.5 Å². The molecule has 0 bridgehead atoms. The summed E-state index contributed by atoms with van der Waals surface area (Å²) in [5.74, 6) is 1.95. The molecule has 3 rings (SSSR count). The SMILES string of the molecule is Cc1ccc(SCCC(=O)OCc2ccc3c(c2)OCO3)cc1. The average molecular weight is 330 g/mol. The van der Waals surface area contributed by atoms with Crippen molar-refractivity contribution in [3.63, 3.8) is 0 Å². The van der Waals surface area contributed by atoms with Crippen LogP contribution < -0.4 is 9.47 Å². The zero-order chi connectivity index (χ0) is 16.1. The Labute approximate surface area is 139 Å². The van der Waals surface area contributed by atoms with E-state index >= 15 is 0 Å². The van der Waals surface area contributed by atoms with Crippen LogP contribution in [0, 0.1) is 6.92 Å². The minimum atomic E-state index is -0.192. The molecule has 0 N–H and O–H groups in total. The molecule has 0 amide bonds. The van der Waals surface area contributed by atoms with Crippen molar-refractivity contribution < 1.29 is 19.0 Å². The van der Waals surface area contributed by atoms with Crippen LogP contribution in [0.5, 0.6) is 11.5 Å². The van der Waals surface area contributed by atoms with E-state index in [4.69, 9.17) is 14.2 Å².